The van der Waals surface area contributed by atoms with Gasteiger partial charge in [0.15, 0.2) is 5.84 Å². The summed E-state index contributed by atoms with van der Waals surface area (Å²) in [5.41, 5.74) is 5.30. The fraction of sp³-hybridized carbons (Fsp3) is 0.464. The second-order valence-electron chi connectivity index (χ2n) is 10.3. The number of nitrogens with two attached hydrogens (primary N) is 2. The minimum atomic E-state index is -0.345. The summed E-state index contributed by atoms with van der Waals surface area (Å²) in [5.74, 6) is 12.0. The lowest BCUT2D eigenvalue weighted by Gasteiger charge is -2.18. The molecule has 38 heavy (non-hydrogen) atoms. The number of hydrazine groups is 1. The van der Waals surface area contributed by atoms with Crippen molar-refractivity contribution in [2.45, 2.75) is 46.1 Å². The topological polar surface area (TPSA) is 141 Å². The lowest BCUT2D eigenvalue weighted by molar-refractivity contribution is 0.0951. The molecule has 3 rings (SSSR count). The fourth-order valence-corrected chi connectivity index (χ4v) is 4.17. The van der Waals surface area contributed by atoms with Crippen molar-refractivity contribution < 1.29 is 9.59 Å². The Morgan fingerprint density at radius 1 is 1.00 bits per heavy atom. The molecule has 1 saturated carbocycles. The first-order valence-corrected chi connectivity index (χ1v) is 13.2. The molecular weight excluding hydrogens is 480 g/mol. The summed E-state index contributed by atoms with van der Waals surface area (Å²) >= 11 is 0. The second kappa shape index (κ2) is 13.8. The Bertz CT molecular complexity index is 1140. The third-order valence-corrected chi connectivity index (χ3v) is 6.69. The number of urea groups is 1. The van der Waals surface area contributed by atoms with E-state index in [0.29, 0.717) is 35.8 Å². The number of hydrazone groups is 1. The molecule has 0 radical (unpaired) electrons. The summed E-state index contributed by atoms with van der Waals surface area (Å²) in [6.45, 7) is 7.27. The van der Waals surface area contributed by atoms with E-state index in [0.717, 1.165) is 38.8 Å². The second-order valence-corrected chi connectivity index (χ2v) is 10.3. The number of amides is 3. The zero-order chi connectivity index (χ0) is 27.7. The van der Waals surface area contributed by atoms with Crippen molar-refractivity contribution in [2.75, 3.05) is 39.0 Å². The van der Waals surface area contributed by atoms with E-state index in [1.165, 1.54) is 21.7 Å². The number of carbonyl (C=O) groups excluding carboxylic acids is 2. The van der Waals surface area contributed by atoms with E-state index in [1.54, 1.807) is 25.2 Å². The van der Waals surface area contributed by atoms with E-state index < -0.39 is 0 Å². The summed E-state index contributed by atoms with van der Waals surface area (Å²) in [4.78, 5) is 27.6. The number of benzene rings is 2. The Labute approximate surface area is 225 Å². The van der Waals surface area contributed by atoms with Gasteiger partial charge in [0.2, 0.25) is 0 Å². The lowest BCUT2D eigenvalue weighted by Crippen LogP contribution is -2.35. The van der Waals surface area contributed by atoms with Gasteiger partial charge in [0, 0.05) is 43.5 Å². The summed E-state index contributed by atoms with van der Waals surface area (Å²) < 4.78 is 0. The van der Waals surface area contributed by atoms with Gasteiger partial charge in [0.05, 0.1) is 0 Å². The van der Waals surface area contributed by atoms with Gasteiger partial charge in [0.25, 0.3) is 5.91 Å². The van der Waals surface area contributed by atoms with E-state index in [4.69, 9.17) is 11.7 Å². The highest BCUT2D eigenvalue weighted by Crippen LogP contribution is 2.27. The molecular formula is C28H42N8O2. The average molecular weight is 523 g/mol. The first-order chi connectivity index (χ1) is 18.2. The van der Waals surface area contributed by atoms with E-state index in [9.17, 15) is 9.59 Å². The summed E-state index contributed by atoms with van der Waals surface area (Å²) in [5, 5.41) is 13.7. The zero-order valence-electron chi connectivity index (χ0n) is 23.0. The Morgan fingerprint density at radius 3 is 2.39 bits per heavy atom. The van der Waals surface area contributed by atoms with Crippen molar-refractivity contribution in [2.24, 2.45) is 22.7 Å². The van der Waals surface area contributed by atoms with Crippen LogP contribution in [-0.2, 0) is 6.54 Å². The monoisotopic (exact) mass is 522 g/mol. The Morgan fingerprint density at radius 2 is 1.74 bits per heavy atom. The maximum Gasteiger partial charge on any atom is 0.319 e. The van der Waals surface area contributed by atoms with Crippen LogP contribution in [0.25, 0.3) is 0 Å². The smallest absolute Gasteiger partial charge is 0.319 e. The van der Waals surface area contributed by atoms with Gasteiger partial charge in [-0.25, -0.2) is 10.6 Å². The molecule has 10 heteroatoms. The van der Waals surface area contributed by atoms with Crippen LogP contribution in [0.5, 0.6) is 0 Å². The Balaban J connectivity index is 1.49. The van der Waals surface area contributed by atoms with E-state index in [1.807, 2.05) is 0 Å². The normalized spacial score (nSPS) is 13.4. The summed E-state index contributed by atoms with van der Waals surface area (Å²) in [6.07, 6.45) is 4.08. The van der Waals surface area contributed by atoms with Crippen molar-refractivity contribution in [3.05, 3.63) is 64.2 Å². The van der Waals surface area contributed by atoms with Crippen LogP contribution in [0.2, 0.25) is 0 Å². The first-order valence-electron chi connectivity index (χ1n) is 13.2. The number of hydrogen-bond acceptors (Lipinski definition) is 6. The quantitative estimate of drug-likeness (QED) is 0.0954. The van der Waals surface area contributed by atoms with Crippen LogP contribution in [0, 0.1) is 19.8 Å². The largest absolute Gasteiger partial charge is 0.352 e. The minimum Gasteiger partial charge on any atom is -0.352 e. The number of carbonyl (C=O) groups is 2. The molecule has 10 nitrogen and oxygen atoms in total. The van der Waals surface area contributed by atoms with Crippen molar-refractivity contribution in [3.63, 3.8) is 0 Å². The number of nitrogens with zero attached hydrogens (tertiary/aromatic N) is 3. The molecule has 0 aromatic heterocycles. The average Bonchev–Trinajstić information content (AvgIpc) is 3.69. The van der Waals surface area contributed by atoms with Gasteiger partial charge in [-0.05, 0) is 93.9 Å². The highest BCUT2D eigenvalue weighted by atomic mass is 16.2. The predicted octanol–water partition coefficient (Wildman–Crippen LogP) is 2.90. The van der Waals surface area contributed by atoms with Gasteiger partial charge in [-0.2, -0.15) is 5.10 Å². The standard InChI is InChI=1S/C28H42N8O2/c1-19-7-8-22(13-20(19)2)18-35(3)12-6-5-11-31-28(38)33-25-15-23(26(34-29)36(4)30)14-24(16-25)27(37)32-17-21-9-10-21/h7-8,13-16,21H,5-6,9-12,17-18,29-30H2,1-4H3,(H,32,37)(H2,31,33,38)/b34-26-. The van der Waals surface area contributed by atoms with Gasteiger partial charge < -0.3 is 26.7 Å². The van der Waals surface area contributed by atoms with Gasteiger partial charge in [-0.15, -0.1) is 0 Å². The number of anilines is 1. The molecule has 7 N–H and O–H groups in total. The van der Waals surface area contributed by atoms with Crippen LogP contribution in [0.4, 0.5) is 10.5 Å². The van der Waals surface area contributed by atoms with Crippen molar-refractivity contribution in [1.82, 2.24) is 20.5 Å². The minimum absolute atomic E-state index is 0.219. The van der Waals surface area contributed by atoms with Crippen molar-refractivity contribution in [3.8, 4) is 0 Å². The number of unbranched alkanes of at least 4 members (excludes halogenated alkanes) is 1. The van der Waals surface area contributed by atoms with E-state index in [2.05, 4.69) is 65.0 Å². The SMILES string of the molecule is Cc1ccc(CN(C)CCCCNC(=O)Nc2cc(C(=O)NCC3CC3)cc(/C(=N/N)N(C)N)c2)cc1C. The van der Waals surface area contributed by atoms with Crippen molar-refractivity contribution >= 4 is 23.5 Å². The maximum atomic E-state index is 12.7. The molecule has 3 amide bonds. The number of nitrogens with one attached hydrogen (secondary N) is 3. The van der Waals surface area contributed by atoms with Crippen LogP contribution in [0.1, 0.15) is 58.3 Å². The Hall–Kier alpha value is -3.63. The molecule has 206 valence electrons. The highest BCUT2D eigenvalue weighted by Gasteiger charge is 2.22. The molecule has 0 atom stereocenters. The fourth-order valence-electron chi connectivity index (χ4n) is 4.17. The van der Waals surface area contributed by atoms with Crippen LogP contribution in [0.3, 0.4) is 0 Å². The number of aryl methyl sites for hydroxylation is 2. The number of hydrogen-bond donors (Lipinski definition) is 5. The molecule has 1 fully saturated rings. The lowest BCUT2D eigenvalue weighted by atomic mass is 10.1. The third-order valence-electron chi connectivity index (χ3n) is 6.69. The molecule has 2 aromatic rings. The van der Waals surface area contributed by atoms with Gasteiger partial charge in [-0.3, -0.25) is 9.80 Å². The Kier molecular flexibility index (Phi) is 10.5. The van der Waals surface area contributed by atoms with E-state index in [-0.39, 0.29) is 17.8 Å². The predicted molar refractivity (Wildman–Crippen MR) is 153 cm³/mol. The summed E-state index contributed by atoms with van der Waals surface area (Å²) in [7, 11) is 3.71. The molecule has 0 heterocycles. The number of amidine groups is 1. The van der Waals surface area contributed by atoms with Crippen LogP contribution >= 0.6 is 0 Å². The molecule has 0 saturated heterocycles. The van der Waals surface area contributed by atoms with Crippen LogP contribution in [-0.4, -0.2) is 61.4 Å². The highest BCUT2D eigenvalue weighted by molar-refractivity contribution is 6.04. The molecule has 0 spiro atoms. The molecule has 2 aromatic carbocycles. The van der Waals surface area contributed by atoms with Gasteiger partial charge in [0.1, 0.15) is 0 Å². The molecule has 0 aliphatic heterocycles. The third kappa shape index (κ3) is 9.04. The summed E-state index contributed by atoms with van der Waals surface area (Å²) in [6, 6.07) is 11.2. The number of rotatable bonds is 12. The maximum absolute atomic E-state index is 12.7. The molecule has 0 unspecified atom stereocenters. The first kappa shape index (κ1) is 28.9. The van der Waals surface area contributed by atoms with Crippen molar-refractivity contribution in [1.29, 1.82) is 0 Å². The molecule has 0 bridgehead atoms. The van der Waals surface area contributed by atoms with Crippen LogP contribution in [0.15, 0.2) is 41.5 Å². The van der Waals surface area contributed by atoms with Gasteiger partial charge >= 0.3 is 6.03 Å². The molecule has 1 aliphatic carbocycles. The molecule has 1 aliphatic rings. The van der Waals surface area contributed by atoms with Gasteiger partial charge in [-0.1, -0.05) is 18.2 Å². The van der Waals surface area contributed by atoms with Crippen LogP contribution < -0.4 is 27.6 Å². The van der Waals surface area contributed by atoms with E-state index >= 15 is 0 Å². The zero-order valence-corrected chi connectivity index (χ0v) is 23.0.